The first-order chi connectivity index (χ1) is 8.04. The lowest BCUT2D eigenvalue weighted by atomic mass is 10.1. The molecule has 0 bridgehead atoms. The Kier molecular flexibility index (Phi) is 4.97. The molecule has 2 N–H and O–H groups in total. The number of nitrogens with two attached hydrogens (primary N) is 1. The molecule has 0 aromatic heterocycles. The smallest absolute Gasteiger partial charge is 0.309 e. The molecule has 0 aliphatic heterocycles. The summed E-state index contributed by atoms with van der Waals surface area (Å²) in [6.45, 7) is 2.06. The molecule has 0 spiro atoms. The maximum Gasteiger partial charge on any atom is 0.309 e. The van der Waals surface area contributed by atoms with E-state index < -0.39 is 5.82 Å². The molecule has 0 saturated carbocycles. The maximum atomic E-state index is 13.0. The highest BCUT2D eigenvalue weighted by molar-refractivity contribution is 6.33. The van der Waals surface area contributed by atoms with E-state index in [1.165, 1.54) is 6.07 Å². The van der Waals surface area contributed by atoms with E-state index in [0.717, 1.165) is 6.07 Å². The van der Waals surface area contributed by atoms with E-state index in [0.29, 0.717) is 12.2 Å². The fraction of sp³-hybridized carbons (Fsp3) is 0.250. The van der Waals surface area contributed by atoms with Gasteiger partial charge >= 0.3 is 5.97 Å². The second kappa shape index (κ2) is 6.25. The number of hydrogen-bond acceptors (Lipinski definition) is 3. The van der Waals surface area contributed by atoms with Gasteiger partial charge in [-0.2, -0.15) is 0 Å². The minimum atomic E-state index is -0.472. The fourth-order valence-corrected chi connectivity index (χ4v) is 1.46. The van der Waals surface area contributed by atoms with Crippen molar-refractivity contribution in [3.63, 3.8) is 0 Å². The van der Waals surface area contributed by atoms with Crippen LogP contribution in [0.2, 0.25) is 5.02 Å². The van der Waals surface area contributed by atoms with Crippen LogP contribution in [0.15, 0.2) is 18.2 Å². The number of esters is 1. The van der Waals surface area contributed by atoms with Gasteiger partial charge in [-0.1, -0.05) is 23.8 Å². The largest absolute Gasteiger partial charge is 0.466 e. The highest BCUT2D eigenvalue weighted by atomic mass is 35.5. The van der Waals surface area contributed by atoms with Crippen molar-refractivity contribution < 1.29 is 13.9 Å². The molecular weight excluding hydrogens is 245 g/mol. The molecule has 0 heterocycles. The predicted octanol–water partition coefficient (Wildman–Crippen LogP) is 3.03. The van der Waals surface area contributed by atoms with Crippen molar-refractivity contribution >= 4 is 29.3 Å². The quantitative estimate of drug-likeness (QED) is 0.666. The van der Waals surface area contributed by atoms with Gasteiger partial charge in [0.25, 0.3) is 0 Å². The molecule has 0 fully saturated rings. The second-order valence-electron chi connectivity index (χ2n) is 3.30. The Bertz CT molecular complexity index is 446. The molecule has 1 rings (SSSR count). The van der Waals surface area contributed by atoms with E-state index in [-0.39, 0.29) is 23.1 Å². The SMILES string of the molecule is CCOC(=O)CC=Cc1cc(F)cc(Cl)c1N. The summed E-state index contributed by atoms with van der Waals surface area (Å²) < 4.78 is 17.8. The number of carbonyl (C=O) groups excluding carboxylic acids is 1. The molecule has 17 heavy (non-hydrogen) atoms. The molecule has 92 valence electrons. The van der Waals surface area contributed by atoms with Crippen LogP contribution in [0.25, 0.3) is 6.08 Å². The van der Waals surface area contributed by atoms with E-state index in [2.05, 4.69) is 0 Å². The molecular formula is C12H13ClFNO2. The second-order valence-corrected chi connectivity index (χ2v) is 3.71. The molecule has 1 aromatic rings. The van der Waals surface area contributed by atoms with Gasteiger partial charge in [-0.25, -0.2) is 4.39 Å². The predicted molar refractivity (Wildman–Crippen MR) is 66.1 cm³/mol. The third kappa shape index (κ3) is 4.07. The lowest BCUT2D eigenvalue weighted by molar-refractivity contribution is -0.142. The summed E-state index contributed by atoms with van der Waals surface area (Å²) in [5.41, 5.74) is 6.39. The Morgan fingerprint density at radius 2 is 2.29 bits per heavy atom. The number of hydrogen-bond donors (Lipinski definition) is 1. The summed E-state index contributed by atoms with van der Waals surface area (Å²) in [5.74, 6) is -0.815. The first kappa shape index (κ1) is 13.5. The summed E-state index contributed by atoms with van der Waals surface area (Å²) in [6, 6.07) is 2.39. The van der Waals surface area contributed by atoms with Gasteiger partial charge in [0.15, 0.2) is 0 Å². The Labute approximate surface area is 104 Å². The minimum absolute atomic E-state index is 0.113. The van der Waals surface area contributed by atoms with Crippen molar-refractivity contribution in [2.75, 3.05) is 12.3 Å². The zero-order valence-corrected chi connectivity index (χ0v) is 10.1. The van der Waals surface area contributed by atoms with Crippen molar-refractivity contribution in [1.82, 2.24) is 0 Å². The number of halogens is 2. The summed E-state index contributed by atoms with van der Waals surface area (Å²) in [6.07, 6.45) is 3.21. The van der Waals surface area contributed by atoms with Crippen molar-refractivity contribution in [2.45, 2.75) is 13.3 Å². The molecule has 0 aliphatic rings. The monoisotopic (exact) mass is 257 g/mol. The first-order valence-corrected chi connectivity index (χ1v) is 5.49. The third-order valence-electron chi connectivity index (χ3n) is 2.01. The molecule has 5 heteroatoms. The lowest BCUT2D eigenvalue weighted by Gasteiger charge is -2.03. The van der Waals surface area contributed by atoms with Crippen molar-refractivity contribution in [3.05, 3.63) is 34.6 Å². The summed E-state index contributed by atoms with van der Waals surface area (Å²) in [4.78, 5) is 11.0. The van der Waals surface area contributed by atoms with Gasteiger partial charge in [0.2, 0.25) is 0 Å². The van der Waals surface area contributed by atoms with Gasteiger partial charge in [0.05, 0.1) is 23.7 Å². The first-order valence-electron chi connectivity index (χ1n) is 5.11. The van der Waals surface area contributed by atoms with Crippen LogP contribution in [-0.2, 0) is 9.53 Å². The summed E-state index contributed by atoms with van der Waals surface area (Å²) in [7, 11) is 0. The maximum absolute atomic E-state index is 13.0. The van der Waals surface area contributed by atoms with Crippen LogP contribution >= 0.6 is 11.6 Å². The van der Waals surface area contributed by atoms with Gasteiger partial charge in [-0.15, -0.1) is 0 Å². The van der Waals surface area contributed by atoms with E-state index in [1.54, 1.807) is 19.1 Å². The number of anilines is 1. The van der Waals surface area contributed by atoms with Gasteiger partial charge in [0.1, 0.15) is 5.82 Å². The van der Waals surface area contributed by atoms with Gasteiger partial charge < -0.3 is 10.5 Å². The number of nitrogen functional groups attached to an aromatic ring is 1. The number of carbonyl (C=O) groups is 1. The number of benzene rings is 1. The van der Waals surface area contributed by atoms with E-state index in [4.69, 9.17) is 22.1 Å². The normalized spacial score (nSPS) is 10.8. The van der Waals surface area contributed by atoms with Crippen LogP contribution in [0.1, 0.15) is 18.9 Å². The van der Waals surface area contributed by atoms with Crippen LogP contribution in [0.4, 0.5) is 10.1 Å². The van der Waals surface area contributed by atoms with Crippen molar-refractivity contribution in [1.29, 1.82) is 0 Å². The van der Waals surface area contributed by atoms with Gasteiger partial charge in [-0.05, 0) is 19.1 Å². The Morgan fingerprint density at radius 3 is 2.94 bits per heavy atom. The van der Waals surface area contributed by atoms with E-state index >= 15 is 0 Å². The van der Waals surface area contributed by atoms with E-state index in [9.17, 15) is 9.18 Å². The topological polar surface area (TPSA) is 52.3 Å². The molecule has 0 amide bonds. The zero-order valence-electron chi connectivity index (χ0n) is 9.37. The molecule has 0 aliphatic carbocycles. The summed E-state index contributed by atoms with van der Waals surface area (Å²) >= 11 is 5.72. The Morgan fingerprint density at radius 1 is 1.59 bits per heavy atom. The van der Waals surface area contributed by atoms with Crippen LogP contribution in [0.3, 0.4) is 0 Å². The van der Waals surface area contributed by atoms with Crippen LogP contribution in [0, 0.1) is 5.82 Å². The average molecular weight is 258 g/mol. The van der Waals surface area contributed by atoms with E-state index in [1.807, 2.05) is 0 Å². The van der Waals surface area contributed by atoms with Crippen molar-refractivity contribution in [3.8, 4) is 0 Å². The standard InChI is InChI=1S/C12H13ClFNO2/c1-2-17-11(16)5-3-4-8-6-9(14)7-10(13)12(8)15/h3-4,6-7H,2,5,15H2,1H3. The minimum Gasteiger partial charge on any atom is -0.466 e. The molecule has 0 saturated heterocycles. The fourth-order valence-electron chi connectivity index (χ4n) is 1.24. The molecule has 0 atom stereocenters. The van der Waals surface area contributed by atoms with Gasteiger partial charge in [0, 0.05) is 5.56 Å². The zero-order chi connectivity index (χ0) is 12.8. The van der Waals surface area contributed by atoms with Crippen molar-refractivity contribution in [2.24, 2.45) is 0 Å². The lowest BCUT2D eigenvalue weighted by Crippen LogP contribution is -2.01. The van der Waals surface area contributed by atoms with Gasteiger partial charge in [-0.3, -0.25) is 4.79 Å². The third-order valence-corrected chi connectivity index (χ3v) is 2.33. The average Bonchev–Trinajstić information content (AvgIpc) is 2.25. The molecule has 0 unspecified atom stereocenters. The van der Waals surface area contributed by atoms with Crippen LogP contribution < -0.4 is 5.73 Å². The molecule has 0 radical (unpaired) electrons. The molecule has 1 aromatic carbocycles. The highest BCUT2D eigenvalue weighted by Gasteiger charge is 2.04. The van der Waals surface area contributed by atoms with Crippen LogP contribution in [0.5, 0.6) is 0 Å². The number of rotatable bonds is 4. The highest BCUT2D eigenvalue weighted by Crippen LogP contribution is 2.25. The Hall–Kier alpha value is -1.55. The Balaban J connectivity index is 2.74. The molecule has 3 nitrogen and oxygen atoms in total. The summed E-state index contributed by atoms with van der Waals surface area (Å²) in [5, 5.41) is 0.154. The number of ether oxygens (including phenoxy) is 1. The van der Waals surface area contributed by atoms with Crippen LogP contribution in [-0.4, -0.2) is 12.6 Å².